The van der Waals surface area contributed by atoms with Gasteiger partial charge < -0.3 is 14.4 Å². The van der Waals surface area contributed by atoms with Gasteiger partial charge in [-0.25, -0.2) is 4.98 Å². The van der Waals surface area contributed by atoms with Crippen LogP contribution in [0.5, 0.6) is 5.75 Å². The van der Waals surface area contributed by atoms with Gasteiger partial charge in [-0.3, -0.25) is 0 Å². The summed E-state index contributed by atoms with van der Waals surface area (Å²) in [4.78, 5) is 4.50. The summed E-state index contributed by atoms with van der Waals surface area (Å²) in [5.74, 6) is 1.99. The predicted octanol–water partition coefficient (Wildman–Crippen LogP) is 4.04. The van der Waals surface area contributed by atoms with Crippen LogP contribution in [0.25, 0.3) is 11.5 Å². The first-order valence-electron chi connectivity index (χ1n) is 7.18. The summed E-state index contributed by atoms with van der Waals surface area (Å²) in [5.41, 5.74) is 2.44. The molecule has 0 fully saturated rings. The van der Waals surface area contributed by atoms with E-state index in [9.17, 15) is 0 Å². The number of nitrogens with zero attached hydrogens (tertiary/aromatic N) is 2. The summed E-state index contributed by atoms with van der Waals surface area (Å²) in [7, 11) is 0. The molecule has 0 aliphatic carbocycles. The van der Waals surface area contributed by atoms with Gasteiger partial charge >= 0.3 is 0 Å². The summed E-state index contributed by atoms with van der Waals surface area (Å²) in [6.45, 7) is 2.18. The van der Waals surface area contributed by atoms with Crippen molar-refractivity contribution in [1.29, 1.82) is 0 Å². The van der Waals surface area contributed by atoms with Crippen molar-refractivity contribution in [2.45, 2.75) is 13.5 Å². The highest BCUT2D eigenvalue weighted by Crippen LogP contribution is 2.22. The molecule has 0 atom stereocenters. The molecular formula is C18H16N2O3. The topological polar surface area (TPSA) is 67.9 Å². The van der Waals surface area contributed by atoms with E-state index in [0.717, 1.165) is 22.6 Å². The fourth-order valence-corrected chi connectivity index (χ4v) is 2.17. The van der Waals surface area contributed by atoms with Gasteiger partial charge in [-0.2, -0.15) is 0 Å². The molecule has 0 radical (unpaired) electrons. The Kier molecular flexibility index (Phi) is 4.38. The number of ether oxygens (including phenoxy) is 1. The van der Waals surface area contributed by atoms with Crippen LogP contribution < -0.4 is 4.74 Å². The molecule has 0 saturated carbocycles. The smallest absolute Gasteiger partial charge is 0.226 e. The minimum atomic E-state index is 0.307. The van der Waals surface area contributed by atoms with Crippen LogP contribution in [0.2, 0.25) is 0 Å². The third-order valence-electron chi connectivity index (χ3n) is 3.35. The van der Waals surface area contributed by atoms with Crippen molar-refractivity contribution < 1.29 is 14.4 Å². The molecule has 2 aromatic carbocycles. The first-order valence-corrected chi connectivity index (χ1v) is 7.18. The molecule has 5 heteroatoms. The minimum absolute atomic E-state index is 0.307. The zero-order valence-corrected chi connectivity index (χ0v) is 12.6. The van der Waals surface area contributed by atoms with E-state index in [4.69, 9.17) is 14.4 Å². The van der Waals surface area contributed by atoms with Gasteiger partial charge in [-0.1, -0.05) is 35.5 Å². The Morgan fingerprint density at radius 1 is 1.17 bits per heavy atom. The molecule has 0 spiro atoms. The fraction of sp³-hybridized carbons (Fsp3) is 0.111. The highest BCUT2D eigenvalue weighted by atomic mass is 16.5. The average molecular weight is 308 g/mol. The first-order chi connectivity index (χ1) is 11.3. The molecule has 116 valence electrons. The van der Waals surface area contributed by atoms with Gasteiger partial charge in [0.05, 0.1) is 6.21 Å². The molecule has 0 bridgehead atoms. The lowest BCUT2D eigenvalue weighted by atomic mass is 10.2. The number of oxime groups is 1. The van der Waals surface area contributed by atoms with Crippen LogP contribution in [0.3, 0.4) is 0 Å². The average Bonchev–Trinajstić information content (AvgIpc) is 2.95. The molecule has 1 heterocycles. The van der Waals surface area contributed by atoms with E-state index in [1.165, 1.54) is 6.21 Å². The molecule has 1 aromatic heterocycles. The lowest BCUT2D eigenvalue weighted by molar-refractivity contribution is 0.299. The second kappa shape index (κ2) is 6.79. The van der Waals surface area contributed by atoms with Gasteiger partial charge in [0.2, 0.25) is 5.89 Å². The summed E-state index contributed by atoms with van der Waals surface area (Å²) in [6, 6.07) is 17.0. The second-order valence-corrected chi connectivity index (χ2v) is 4.99. The van der Waals surface area contributed by atoms with Crippen molar-refractivity contribution >= 4 is 6.21 Å². The molecule has 0 aliphatic rings. The van der Waals surface area contributed by atoms with E-state index in [-0.39, 0.29) is 0 Å². The lowest BCUT2D eigenvalue weighted by Gasteiger charge is -2.04. The molecule has 5 nitrogen and oxygen atoms in total. The van der Waals surface area contributed by atoms with Crippen LogP contribution in [0, 0.1) is 6.92 Å². The molecule has 0 amide bonds. The summed E-state index contributed by atoms with van der Waals surface area (Å²) in [6.07, 6.45) is 1.35. The third-order valence-corrected chi connectivity index (χ3v) is 3.35. The Hall–Kier alpha value is -3.08. The van der Waals surface area contributed by atoms with E-state index in [2.05, 4.69) is 10.1 Å². The number of rotatable bonds is 5. The van der Waals surface area contributed by atoms with Crippen LogP contribution in [0.1, 0.15) is 17.0 Å². The van der Waals surface area contributed by atoms with E-state index >= 15 is 0 Å². The normalized spacial score (nSPS) is 11.0. The van der Waals surface area contributed by atoms with E-state index in [1.54, 1.807) is 6.07 Å². The molecule has 0 aliphatic heterocycles. The number of aromatic nitrogens is 1. The van der Waals surface area contributed by atoms with Crippen molar-refractivity contribution in [3.8, 4) is 17.2 Å². The van der Waals surface area contributed by atoms with E-state index in [0.29, 0.717) is 18.2 Å². The van der Waals surface area contributed by atoms with Crippen molar-refractivity contribution in [3.05, 3.63) is 71.6 Å². The monoisotopic (exact) mass is 308 g/mol. The van der Waals surface area contributed by atoms with Crippen molar-refractivity contribution in [1.82, 2.24) is 4.98 Å². The van der Waals surface area contributed by atoms with E-state index < -0.39 is 0 Å². The molecule has 0 saturated heterocycles. The number of aryl methyl sites for hydroxylation is 1. The Balaban J connectivity index is 1.74. The van der Waals surface area contributed by atoms with Gasteiger partial charge in [0.1, 0.15) is 23.8 Å². The molecule has 3 aromatic rings. The third kappa shape index (κ3) is 3.58. The molecular weight excluding hydrogens is 292 g/mol. The number of oxazole rings is 1. The Morgan fingerprint density at radius 3 is 2.78 bits per heavy atom. The van der Waals surface area contributed by atoms with Gasteiger partial charge in [-0.15, -0.1) is 0 Å². The minimum Gasteiger partial charge on any atom is -0.487 e. The summed E-state index contributed by atoms with van der Waals surface area (Å²) < 4.78 is 11.4. The molecule has 3 rings (SSSR count). The standard InChI is InChI=1S/C18H16N2O3/c1-13-17(20-18(23-13)15-7-3-2-4-8-15)12-22-16-9-5-6-14(10-16)11-19-21/h2-11,21H,12H2,1H3. The maximum Gasteiger partial charge on any atom is 0.226 e. The Bertz CT molecular complexity index is 810. The fourth-order valence-electron chi connectivity index (χ4n) is 2.17. The summed E-state index contributed by atoms with van der Waals surface area (Å²) in [5, 5.41) is 11.6. The maximum absolute atomic E-state index is 8.57. The second-order valence-electron chi connectivity index (χ2n) is 4.99. The van der Waals surface area contributed by atoms with Crippen LogP contribution in [0.4, 0.5) is 0 Å². The van der Waals surface area contributed by atoms with Crippen molar-refractivity contribution in [2.24, 2.45) is 5.16 Å². The Labute approximate surface area is 133 Å². The van der Waals surface area contributed by atoms with Crippen molar-refractivity contribution in [3.63, 3.8) is 0 Å². The largest absolute Gasteiger partial charge is 0.487 e. The zero-order valence-electron chi connectivity index (χ0n) is 12.6. The molecule has 23 heavy (non-hydrogen) atoms. The van der Waals surface area contributed by atoms with Crippen molar-refractivity contribution in [2.75, 3.05) is 0 Å². The van der Waals surface area contributed by atoms with Gasteiger partial charge in [0.25, 0.3) is 0 Å². The quantitative estimate of drug-likeness (QED) is 0.439. The molecule has 1 N–H and O–H groups in total. The highest BCUT2D eigenvalue weighted by molar-refractivity contribution is 5.79. The van der Waals surface area contributed by atoms with Gasteiger partial charge in [0, 0.05) is 5.56 Å². The first kappa shape index (κ1) is 14.8. The maximum atomic E-state index is 8.57. The zero-order chi connectivity index (χ0) is 16.1. The van der Waals surface area contributed by atoms with Crippen LogP contribution >= 0.6 is 0 Å². The number of hydrogen-bond acceptors (Lipinski definition) is 5. The predicted molar refractivity (Wildman–Crippen MR) is 86.8 cm³/mol. The Morgan fingerprint density at radius 2 is 2.00 bits per heavy atom. The van der Waals surface area contributed by atoms with Crippen LogP contribution in [-0.2, 0) is 6.61 Å². The SMILES string of the molecule is Cc1oc(-c2ccccc2)nc1COc1cccc(C=NO)c1. The lowest BCUT2D eigenvalue weighted by Crippen LogP contribution is -1.98. The highest BCUT2D eigenvalue weighted by Gasteiger charge is 2.11. The molecule has 0 unspecified atom stereocenters. The van der Waals surface area contributed by atoms with Gasteiger partial charge in [0.15, 0.2) is 0 Å². The van der Waals surface area contributed by atoms with Crippen LogP contribution in [-0.4, -0.2) is 16.4 Å². The van der Waals surface area contributed by atoms with E-state index in [1.807, 2.05) is 55.5 Å². The number of hydrogen-bond donors (Lipinski definition) is 1. The van der Waals surface area contributed by atoms with Crippen LogP contribution in [0.15, 0.2) is 64.2 Å². The number of benzene rings is 2. The summed E-state index contributed by atoms with van der Waals surface area (Å²) >= 11 is 0. The van der Waals surface area contributed by atoms with Gasteiger partial charge in [-0.05, 0) is 36.8 Å².